The first-order valence-electron chi connectivity index (χ1n) is 12.6. The van der Waals surface area contributed by atoms with E-state index >= 15 is 0 Å². The van der Waals surface area contributed by atoms with Gasteiger partial charge in [0.15, 0.2) is 0 Å². The van der Waals surface area contributed by atoms with Crippen molar-refractivity contribution in [3.8, 4) is 11.1 Å². The lowest BCUT2D eigenvalue weighted by Gasteiger charge is -2.27. The van der Waals surface area contributed by atoms with Gasteiger partial charge in [-0.3, -0.25) is 0 Å². The number of hydrogen-bond donors (Lipinski definition) is 1. The van der Waals surface area contributed by atoms with Crippen LogP contribution in [0.2, 0.25) is 0 Å². The average Bonchev–Trinajstić information content (AvgIpc) is 2.95. The second-order valence-electron chi connectivity index (χ2n) is 9.29. The quantitative estimate of drug-likeness (QED) is 0.257. The maximum absolute atomic E-state index is 3.53. The van der Waals surface area contributed by atoms with E-state index < -0.39 is 0 Å². The molecule has 0 amide bonds. The Balaban J connectivity index is 1.41. The molecule has 6 aromatic rings. The molecular weight excluding hydrogens is 448 g/mol. The van der Waals surface area contributed by atoms with Gasteiger partial charge in [-0.15, -0.1) is 0 Å². The summed E-state index contributed by atoms with van der Waals surface area (Å²) in [5.74, 6) is 0. The van der Waals surface area contributed by atoms with Crippen molar-refractivity contribution in [1.29, 1.82) is 0 Å². The van der Waals surface area contributed by atoms with E-state index in [1.165, 1.54) is 27.5 Å². The number of hydrogen-bond acceptors (Lipinski definition) is 2. The van der Waals surface area contributed by atoms with E-state index in [2.05, 4.69) is 163 Å². The topological polar surface area (TPSA) is 15.3 Å². The molecule has 6 rings (SSSR count). The summed E-state index contributed by atoms with van der Waals surface area (Å²) in [5, 5.41) is 5.97. The van der Waals surface area contributed by atoms with Gasteiger partial charge in [-0.25, -0.2) is 0 Å². The molecule has 0 bridgehead atoms. The maximum atomic E-state index is 3.53. The molecule has 0 radical (unpaired) electrons. The zero-order valence-electron chi connectivity index (χ0n) is 20.8. The Bertz CT molecular complexity index is 1630. The van der Waals surface area contributed by atoms with Crippen molar-refractivity contribution in [2.75, 3.05) is 10.2 Å². The molecule has 0 unspecified atom stereocenters. The van der Waals surface area contributed by atoms with Crippen molar-refractivity contribution >= 4 is 39.2 Å². The third-order valence-corrected chi connectivity index (χ3v) is 6.67. The van der Waals surface area contributed by atoms with Gasteiger partial charge in [0, 0.05) is 28.1 Å². The lowest BCUT2D eigenvalue weighted by Crippen LogP contribution is -2.10. The smallest absolute Gasteiger partial charge is 0.0540 e. The van der Waals surface area contributed by atoms with E-state index in [-0.39, 0.29) is 0 Å². The number of fused-ring (bicyclic) bond motifs is 1. The molecule has 0 spiro atoms. The van der Waals surface area contributed by atoms with Crippen LogP contribution in [-0.4, -0.2) is 0 Å². The van der Waals surface area contributed by atoms with Crippen LogP contribution in [-0.2, 0) is 0 Å². The monoisotopic (exact) mass is 476 g/mol. The van der Waals surface area contributed by atoms with Crippen molar-refractivity contribution in [3.05, 3.63) is 151 Å². The molecule has 0 saturated heterocycles. The largest absolute Gasteiger partial charge is 0.356 e. The second kappa shape index (κ2) is 10.0. The Kier molecular flexibility index (Phi) is 6.14. The molecule has 0 saturated carbocycles. The van der Waals surface area contributed by atoms with Gasteiger partial charge in [0.1, 0.15) is 0 Å². The van der Waals surface area contributed by atoms with Crippen LogP contribution < -0.4 is 10.2 Å². The van der Waals surface area contributed by atoms with Gasteiger partial charge in [-0.05, 0) is 83.6 Å². The van der Waals surface area contributed by atoms with E-state index in [1.54, 1.807) is 0 Å². The highest BCUT2D eigenvalue weighted by Crippen LogP contribution is 2.39. The minimum atomic E-state index is 1.06. The van der Waals surface area contributed by atoms with Gasteiger partial charge in [0.05, 0.1) is 5.69 Å². The molecule has 2 nitrogen and oxygen atoms in total. The number of benzene rings is 6. The highest BCUT2D eigenvalue weighted by molar-refractivity contribution is 5.99. The number of nitrogens with one attached hydrogen (secondary N) is 1. The minimum Gasteiger partial charge on any atom is -0.356 e. The lowest BCUT2D eigenvalue weighted by atomic mass is 10.0. The molecule has 2 heteroatoms. The van der Waals surface area contributed by atoms with Gasteiger partial charge < -0.3 is 10.2 Å². The summed E-state index contributed by atoms with van der Waals surface area (Å²) in [6, 6.07) is 51.5. The third kappa shape index (κ3) is 4.82. The van der Waals surface area contributed by atoms with Gasteiger partial charge in [0.25, 0.3) is 0 Å². The zero-order valence-corrected chi connectivity index (χ0v) is 20.8. The number of nitrogens with zero attached hydrogens (tertiary/aromatic N) is 1. The lowest BCUT2D eigenvalue weighted by molar-refractivity contribution is 1.30. The standard InChI is InChI=1S/C35H28N2/c1-26-9-7-14-31(25-26)36-30-19-23-33(24-20-30)37(35-16-8-13-29-12-5-6-15-34(29)35)32-21-17-28(18-22-32)27-10-3-2-4-11-27/h2-25,36H,1H3. The van der Waals surface area contributed by atoms with Crippen LogP contribution in [0.4, 0.5) is 28.4 Å². The minimum absolute atomic E-state index is 1.06. The fourth-order valence-electron chi connectivity index (χ4n) is 4.85. The van der Waals surface area contributed by atoms with Crippen molar-refractivity contribution in [3.63, 3.8) is 0 Å². The van der Waals surface area contributed by atoms with E-state index in [0.717, 1.165) is 28.4 Å². The molecule has 6 aromatic carbocycles. The van der Waals surface area contributed by atoms with Crippen LogP contribution in [0.3, 0.4) is 0 Å². The number of anilines is 5. The molecule has 0 aliphatic heterocycles. The summed E-state index contributed by atoms with van der Waals surface area (Å²) < 4.78 is 0. The summed E-state index contributed by atoms with van der Waals surface area (Å²) in [7, 11) is 0. The SMILES string of the molecule is Cc1cccc(Nc2ccc(N(c3ccc(-c4ccccc4)cc3)c3cccc4ccccc34)cc2)c1. The highest BCUT2D eigenvalue weighted by Gasteiger charge is 2.15. The highest BCUT2D eigenvalue weighted by atomic mass is 15.1. The zero-order chi connectivity index (χ0) is 25.0. The number of rotatable bonds is 6. The Hall–Kier alpha value is -4.82. The van der Waals surface area contributed by atoms with E-state index in [1.807, 2.05) is 0 Å². The predicted octanol–water partition coefficient (Wildman–Crippen LogP) is 10.0. The fourth-order valence-corrected chi connectivity index (χ4v) is 4.85. The van der Waals surface area contributed by atoms with E-state index in [9.17, 15) is 0 Å². The average molecular weight is 477 g/mol. The molecule has 0 heterocycles. The molecule has 178 valence electrons. The fraction of sp³-hybridized carbons (Fsp3) is 0.0286. The van der Waals surface area contributed by atoms with Gasteiger partial charge in [-0.2, -0.15) is 0 Å². The van der Waals surface area contributed by atoms with Crippen molar-refractivity contribution in [2.24, 2.45) is 0 Å². The van der Waals surface area contributed by atoms with Crippen LogP contribution in [0.25, 0.3) is 21.9 Å². The van der Waals surface area contributed by atoms with E-state index in [0.29, 0.717) is 0 Å². The van der Waals surface area contributed by atoms with Gasteiger partial charge >= 0.3 is 0 Å². The summed E-state index contributed by atoms with van der Waals surface area (Å²) in [4.78, 5) is 2.34. The first-order valence-corrected chi connectivity index (χ1v) is 12.6. The predicted molar refractivity (Wildman–Crippen MR) is 159 cm³/mol. The Morgan fingerprint density at radius 1 is 0.486 bits per heavy atom. The van der Waals surface area contributed by atoms with Gasteiger partial charge in [-0.1, -0.05) is 91.0 Å². The van der Waals surface area contributed by atoms with Crippen molar-refractivity contribution in [2.45, 2.75) is 6.92 Å². The Labute approximate surface area is 218 Å². The van der Waals surface area contributed by atoms with Crippen LogP contribution >= 0.6 is 0 Å². The summed E-state index contributed by atoms with van der Waals surface area (Å²) in [6.45, 7) is 2.11. The van der Waals surface area contributed by atoms with Crippen LogP contribution in [0.5, 0.6) is 0 Å². The molecule has 0 aromatic heterocycles. The second-order valence-corrected chi connectivity index (χ2v) is 9.29. The molecule has 0 atom stereocenters. The first kappa shape index (κ1) is 22.6. The van der Waals surface area contributed by atoms with Crippen molar-refractivity contribution in [1.82, 2.24) is 0 Å². The molecule has 0 aliphatic rings. The summed E-state index contributed by atoms with van der Waals surface area (Å²) in [6.07, 6.45) is 0. The Morgan fingerprint density at radius 2 is 1.11 bits per heavy atom. The van der Waals surface area contributed by atoms with E-state index in [4.69, 9.17) is 0 Å². The molecule has 0 fully saturated rings. The molecular formula is C35H28N2. The first-order chi connectivity index (χ1) is 18.2. The van der Waals surface area contributed by atoms with Crippen LogP contribution in [0, 0.1) is 6.92 Å². The third-order valence-electron chi connectivity index (χ3n) is 6.67. The molecule has 37 heavy (non-hydrogen) atoms. The van der Waals surface area contributed by atoms with Crippen molar-refractivity contribution < 1.29 is 0 Å². The summed E-state index contributed by atoms with van der Waals surface area (Å²) >= 11 is 0. The number of aryl methyl sites for hydroxylation is 1. The Morgan fingerprint density at radius 3 is 1.86 bits per heavy atom. The molecule has 0 aliphatic carbocycles. The van der Waals surface area contributed by atoms with Crippen LogP contribution in [0.1, 0.15) is 5.56 Å². The normalized spacial score (nSPS) is 10.8. The van der Waals surface area contributed by atoms with Gasteiger partial charge in [0.2, 0.25) is 0 Å². The van der Waals surface area contributed by atoms with Crippen LogP contribution in [0.15, 0.2) is 146 Å². The maximum Gasteiger partial charge on any atom is 0.0540 e. The molecule has 1 N–H and O–H groups in total. The summed E-state index contributed by atoms with van der Waals surface area (Å²) in [5.41, 5.74) is 9.21.